The van der Waals surface area contributed by atoms with E-state index in [0.717, 1.165) is 5.69 Å². The second-order valence-corrected chi connectivity index (χ2v) is 3.75. The van der Waals surface area contributed by atoms with E-state index in [0.29, 0.717) is 17.6 Å². The lowest BCUT2D eigenvalue weighted by molar-refractivity contribution is 0.0634. The molecule has 1 aromatic heterocycles. The highest BCUT2D eigenvalue weighted by Gasteiger charge is 2.03. The largest absolute Gasteiger partial charge is 0.373 e. The van der Waals surface area contributed by atoms with Crippen LogP contribution in [0.25, 0.3) is 0 Å². The van der Waals surface area contributed by atoms with Crippen molar-refractivity contribution in [2.24, 2.45) is 0 Å². The average molecular weight is 235 g/mol. The molecule has 0 N–H and O–H groups in total. The van der Waals surface area contributed by atoms with E-state index >= 15 is 0 Å². The van der Waals surface area contributed by atoms with Crippen LogP contribution in [0.4, 0.5) is 0 Å². The quantitative estimate of drug-likeness (QED) is 0.594. The number of alkyl halides is 1. The third kappa shape index (κ3) is 3.78. The average Bonchev–Trinajstić information content (AvgIpc) is 2.14. The summed E-state index contributed by atoms with van der Waals surface area (Å²) in [4.78, 5) is 8.12. The Bertz CT molecular complexity index is 305. The highest BCUT2D eigenvalue weighted by molar-refractivity contribution is 6.29. The molecule has 0 unspecified atom stereocenters. The summed E-state index contributed by atoms with van der Waals surface area (Å²) in [6.07, 6.45) is 0.170. The minimum absolute atomic E-state index is 0.170. The molecule has 0 spiro atoms. The molecule has 0 radical (unpaired) electrons. The van der Waals surface area contributed by atoms with E-state index in [9.17, 15) is 0 Å². The highest BCUT2D eigenvalue weighted by Crippen LogP contribution is 2.10. The van der Waals surface area contributed by atoms with E-state index in [1.54, 1.807) is 6.07 Å². The van der Waals surface area contributed by atoms with E-state index in [2.05, 4.69) is 9.97 Å². The first kappa shape index (κ1) is 11.7. The molecule has 78 valence electrons. The summed E-state index contributed by atoms with van der Waals surface area (Å²) in [5.41, 5.74) is 0.759. The Hall–Kier alpha value is -0.380. The van der Waals surface area contributed by atoms with Crippen LogP contribution in [0.3, 0.4) is 0 Å². The molecule has 14 heavy (non-hydrogen) atoms. The second-order valence-electron chi connectivity index (χ2n) is 3.09. The van der Waals surface area contributed by atoms with Crippen molar-refractivity contribution in [2.75, 3.05) is 0 Å². The van der Waals surface area contributed by atoms with E-state index in [-0.39, 0.29) is 12.0 Å². The van der Waals surface area contributed by atoms with Crippen molar-refractivity contribution in [1.29, 1.82) is 0 Å². The van der Waals surface area contributed by atoms with E-state index in [1.165, 1.54) is 0 Å². The molecule has 5 heteroatoms. The molecular formula is C9H12Cl2N2O. The smallest absolute Gasteiger partial charge is 0.145 e. The molecule has 0 atom stereocenters. The predicted octanol–water partition coefficient (Wildman–Crippen LogP) is 2.79. The van der Waals surface area contributed by atoms with Crippen LogP contribution in [0.1, 0.15) is 25.4 Å². The lowest BCUT2D eigenvalue weighted by Gasteiger charge is -2.07. The van der Waals surface area contributed by atoms with Crippen molar-refractivity contribution in [1.82, 2.24) is 9.97 Å². The zero-order valence-electron chi connectivity index (χ0n) is 8.13. The Kier molecular flexibility index (Phi) is 4.58. The van der Waals surface area contributed by atoms with Crippen LogP contribution in [-0.4, -0.2) is 16.1 Å². The summed E-state index contributed by atoms with van der Waals surface area (Å²) in [5.74, 6) is 0.788. The fraction of sp³-hybridized carbons (Fsp3) is 0.556. The van der Waals surface area contributed by atoms with Gasteiger partial charge in [0, 0.05) is 0 Å². The number of rotatable bonds is 4. The van der Waals surface area contributed by atoms with Crippen molar-refractivity contribution in [3.8, 4) is 0 Å². The van der Waals surface area contributed by atoms with E-state index < -0.39 is 0 Å². The number of nitrogens with zero attached hydrogens (tertiary/aromatic N) is 2. The van der Waals surface area contributed by atoms with Crippen molar-refractivity contribution < 1.29 is 4.74 Å². The van der Waals surface area contributed by atoms with Crippen LogP contribution < -0.4 is 0 Å². The number of hydrogen-bond acceptors (Lipinski definition) is 3. The molecule has 1 aromatic rings. The molecule has 3 nitrogen and oxygen atoms in total. The Morgan fingerprint density at radius 3 is 2.71 bits per heavy atom. The van der Waals surface area contributed by atoms with Gasteiger partial charge in [0.1, 0.15) is 11.0 Å². The van der Waals surface area contributed by atoms with Crippen molar-refractivity contribution in [2.45, 2.75) is 32.4 Å². The van der Waals surface area contributed by atoms with Crippen molar-refractivity contribution >= 4 is 23.2 Å². The van der Waals surface area contributed by atoms with Crippen LogP contribution in [0.2, 0.25) is 5.15 Å². The first-order valence-electron chi connectivity index (χ1n) is 4.31. The maximum Gasteiger partial charge on any atom is 0.145 e. The first-order valence-corrected chi connectivity index (χ1v) is 5.23. The molecule has 0 fully saturated rings. The summed E-state index contributed by atoms with van der Waals surface area (Å²) < 4.78 is 5.39. The Balaban J connectivity index is 2.71. The standard InChI is InChI=1S/C9H12Cl2N2O/c1-6(2)14-5-7-3-8(11)13-9(4-10)12-7/h3,6H,4-5H2,1-2H3. The summed E-state index contributed by atoms with van der Waals surface area (Å²) >= 11 is 11.4. The molecule has 0 aliphatic rings. The highest BCUT2D eigenvalue weighted by atomic mass is 35.5. The zero-order chi connectivity index (χ0) is 10.6. The SMILES string of the molecule is CC(C)OCc1cc(Cl)nc(CCl)n1. The first-order chi connectivity index (χ1) is 6.61. The fourth-order valence-corrected chi connectivity index (χ4v) is 1.24. The zero-order valence-corrected chi connectivity index (χ0v) is 9.64. The van der Waals surface area contributed by atoms with Crippen LogP contribution in [0, 0.1) is 0 Å². The van der Waals surface area contributed by atoms with Gasteiger partial charge in [0.05, 0.1) is 24.3 Å². The Labute approximate surface area is 93.4 Å². The summed E-state index contributed by atoms with van der Waals surface area (Å²) in [7, 11) is 0. The maximum absolute atomic E-state index is 5.78. The van der Waals surface area contributed by atoms with Gasteiger partial charge in [0.2, 0.25) is 0 Å². The molecule has 1 rings (SSSR count). The molecule has 0 bridgehead atoms. The van der Waals surface area contributed by atoms with Gasteiger partial charge in [-0.05, 0) is 19.9 Å². The Morgan fingerprint density at radius 1 is 1.43 bits per heavy atom. The number of aromatic nitrogens is 2. The van der Waals surface area contributed by atoms with Gasteiger partial charge >= 0.3 is 0 Å². The van der Waals surface area contributed by atoms with Crippen LogP contribution in [0.5, 0.6) is 0 Å². The second kappa shape index (κ2) is 5.49. The molecular weight excluding hydrogens is 223 g/mol. The lowest BCUT2D eigenvalue weighted by Crippen LogP contribution is -2.05. The fourth-order valence-electron chi connectivity index (χ4n) is 0.902. The van der Waals surface area contributed by atoms with Crippen LogP contribution in [-0.2, 0) is 17.2 Å². The predicted molar refractivity (Wildman–Crippen MR) is 56.5 cm³/mol. The topological polar surface area (TPSA) is 35.0 Å². The molecule has 0 aliphatic carbocycles. The van der Waals surface area contributed by atoms with Gasteiger partial charge in [-0.3, -0.25) is 0 Å². The molecule has 0 aliphatic heterocycles. The maximum atomic E-state index is 5.78. The Morgan fingerprint density at radius 2 is 2.14 bits per heavy atom. The minimum atomic E-state index is 0.170. The van der Waals surface area contributed by atoms with Gasteiger partial charge in [-0.15, -0.1) is 11.6 Å². The third-order valence-electron chi connectivity index (χ3n) is 1.48. The minimum Gasteiger partial charge on any atom is -0.373 e. The van der Waals surface area contributed by atoms with Gasteiger partial charge in [0.15, 0.2) is 0 Å². The normalized spacial score (nSPS) is 10.9. The molecule has 0 saturated carbocycles. The van der Waals surface area contributed by atoms with Gasteiger partial charge in [0.25, 0.3) is 0 Å². The van der Waals surface area contributed by atoms with Crippen molar-refractivity contribution in [3.63, 3.8) is 0 Å². The van der Waals surface area contributed by atoms with E-state index in [1.807, 2.05) is 13.8 Å². The molecule has 0 amide bonds. The van der Waals surface area contributed by atoms with Crippen LogP contribution in [0.15, 0.2) is 6.07 Å². The van der Waals surface area contributed by atoms with Gasteiger partial charge in [-0.25, -0.2) is 9.97 Å². The van der Waals surface area contributed by atoms with Gasteiger partial charge in [-0.2, -0.15) is 0 Å². The summed E-state index contributed by atoms with van der Waals surface area (Å²) in [5, 5.41) is 0.401. The number of ether oxygens (including phenoxy) is 1. The van der Waals surface area contributed by atoms with Gasteiger partial charge in [-0.1, -0.05) is 11.6 Å². The lowest BCUT2D eigenvalue weighted by atomic mass is 10.4. The number of halogens is 2. The molecule has 1 heterocycles. The van der Waals surface area contributed by atoms with E-state index in [4.69, 9.17) is 27.9 Å². The third-order valence-corrected chi connectivity index (χ3v) is 1.91. The van der Waals surface area contributed by atoms with Crippen LogP contribution >= 0.6 is 23.2 Å². The molecule has 0 aromatic carbocycles. The monoisotopic (exact) mass is 234 g/mol. The number of hydrogen-bond donors (Lipinski definition) is 0. The summed E-state index contributed by atoms with van der Waals surface area (Å²) in [6, 6.07) is 1.68. The van der Waals surface area contributed by atoms with Crippen molar-refractivity contribution in [3.05, 3.63) is 22.7 Å². The molecule has 0 saturated heterocycles. The van der Waals surface area contributed by atoms with Gasteiger partial charge < -0.3 is 4.74 Å². The summed E-state index contributed by atoms with van der Waals surface area (Å²) in [6.45, 7) is 4.36.